The molecule has 0 aromatic heterocycles. The largest absolute Gasteiger partial charge is 0.519 e. The summed E-state index contributed by atoms with van der Waals surface area (Å²) in [6.45, 7) is 10.6. The average Bonchev–Trinajstić information content (AvgIpc) is 2.28. The van der Waals surface area contributed by atoms with Crippen molar-refractivity contribution < 1.29 is 9.22 Å². The third kappa shape index (κ3) is 5.03. The van der Waals surface area contributed by atoms with Crippen LogP contribution in [0.15, 0.2) is 36.4 Å². The molecule has 19 heavy (non-hydrogen) atoms. The third-order valence-electron chi connectivity index (χ3n) is 3.57. The molecule has 0 radical (unpaired) electrons. The van der Waals surface area contributed by atoms with Gasteiger partial charge in [0.2, 0.25) is 0 Å². The molecule has 0 amide bonds. The van der Waals surface area contributed by atoms with Crippen molar-refractivity contribution in [1.29, 1.82) is 0 Å². The normalized spacial score (nSPS) is 12.7. The molecule has 0 fully saturated rings. The molecule has 0 heterocycles. The van der Waals surface area contributed by atoms with E-state index in [0.29, 0.717) is 6.42 Å². The Bertz CT molecular complexity index is 442. The van der Waals surface area contributed by atoms with Crippen LogP contribution < -0.4 is 0 Å². The van der Waals surface area contributed by atoms with E-state index in [0.717, 1.165) is 5.56 Å². The molecule has 1 aromatic carbocycles. The number of rotatable bonds is 4. The molecule has 0 N–H and O–H groups in total. The van der Waals surface area contributed by atoms with Gasteiger partial charge in [0, 0.05) is 0 Å². The first-order valence-corrected chi connectivity index (χ1v) is 9.57. The Morgan fingerprint density at radius 1 is 1.21 bits per heavy atom. The van der Waals surface area contributed by atoms with E-state index in [1.165, 1.54) is 0 Å². The fraction of sp³-hybridized carbons (Fsp3) is 0.438. The summed E-state index contributed by atoms with van der Waals surface area (Å²) in [5.41, 5.74) is 1.10. The molecule has 0 saturated carbocycles. The van der Waals surface area contributed by atoms with E-state index in [-0.39, 0.29) is 11.0 Å². The molecular formula is C16H24O2Si. The molecule has 1 aromatic rings. The Balaban J connectivity index is 2.51. The maximum absolute atomic E-state index is 11.9. The highest BCUT2D eigenvalue weighted by Gasteiger charge is 2.40. The lowest BCUT2D eigenvalue weighted by Gasteiger charge is -2.35. The van der Waals surface area contributed by atoms with Gasteiger partial charge in [0.25, 0.3) is 14.3 Å². The molecule has 0 spiro atoms. The second-order valence-corrected chi connectivity index (χ2v) is 11.0. The lowest BCUT2D eigenvalue weighted by Crippen LogP contribution is -2.42. The summed E-state index contributed by atoms with van der Waals surface area (Å²) in [7, 11) is -1.98. The SMILES string of the molecule is CC(C)(C)[Si](C)(C)OC(=O)C/C=C/c1ccccc1. The quantitative estimate of drug-likeness (QED) is 0.749. The fourth-order valence-electron chi connectivity index (χ4n) is 1.33. The molecule has 2 nitrogen and oxygen atoms in total. The molecule has 0 aliphatic rings. The zero-order valence-corrected chi connectivity index (χ0v) is 13.6. The highest BCUT2D eigenvalue weighted by molar-refractivity contribution is 6.75. The van der Waals surface area contributed by atoms with Crippen LogP contribution in [0.5, 0.6) is 0 Å². The van der Waals surface area contributed by atoms with Crippen LogP contribution in [0.4, 0.5) is 0 Å². The first kappa shape index (κ1) is 15.7. The lowest BCUT2D eigenvalue weighted by molar-refractivity contribution is -0.134. The molecule has 1 rings (SSSR count). The van der Waals surface area contributed by atoms with E-state index >= 15 is 0 Å². The molecule has 0 aliphatic heterocycles. The molecule has 0 unspecified atom stereocenters. The fourth-order valence-corrected chi connectivity index (χ4v) is 2.29. The van der Waals surface area contributed by atoms with Gasteiger partial charge in [0.05, 0.1) is 6.42 Å². The van der Waals surface area contributed by atoms with Crippen LogP contribution >= 0.6 is 0 Å². The summed E-state index contributed by atoms with van der Waals surface area (Å²) in [6, 6.07) is 9.95. The minimum Gasteiger partial charge on any atom is -0.519 e. The predicted octanol–water partition coefficient (Wildman–Crippen LogP) is 4.64. The number of carbonyl (C=O) groups is 1. The molecule has 0 bridgehead atoms. The smallest absolute Gasteiger partial charge is 0.296 e. The van der Waals surface area contributed by atoms with Gasteiger partial charge in [0.1, 0.15) is 0 Å². The van der Waals surface area contributed by atoms with Crippen LogP contribution in [0.1, 0.15) is 32.8 Å². The average molecular weight is 276 g/mol. The van der Waals surface area contributed by atoms with Crippen LogP contribution in [0, 0.1) is 0 Å². The van der Waals surface area contributed by atoms with Crippen LogP contribution in [-0.4, -0.2) is 14.3 Å². The molecular weight excluding hydrogens is 252 g/mol. The van der Waals surface area contributed by atoms with E-state index in [9.17, 15) is 4.79 Å². The first-order chi connectivity index (χ1) is 8.72. The number of hydrogen-bond acceptors (Lipinski definition) is 2. The monoisotopic (exact) mass is 276 g/mol. The predicted molar refractivity (Wildman–Crippen MR) is 83.4 cm³/mol. The van der Waals surface area contributed by atoms with Crippen molar-refractivity contribution in [1.82, 2.24) is 0 Å². The summed E-state index contributed by atoms with van der Waals surface area (Å²) < 4.78 is 5.69. The Hall–Kier alpha value is -1.35. The minimum absolute atomic E-state index is 0.0613. The van der Waals surface area contributed by atoms with E-state index in [1.54, 1.807) is 0 Å². The van der Waals surface area contributed by atoms with E-state index in [4.69, 9.17) is 4.43 Å². The first-order valence-electron chi connectivity index (χ1n) is 6.66. The van der Waals surface area contributed by atoms with Crippen LogP contribution in [0.2, 0.25) is 18.1 Å². The zero-order chi connectivity index (χ0) is 14.5. The van der Waals surface area contributed by atoms with Gasteiger partial charge in [0.15, 0.2) is 0 Å². The van der Waals surface area contributed by atoms with Gasteiger partial charge >= 0.3 is 0 Å². The van der Waals surface area contributed by atoms with Crippen molar-refractivity contribution in [3.05, 3.63) is 42.0 Å². The summed E-state index contributed by atoms with van der Waals surface area (Å²) in [5.74, 6) is -0.126. The summed E-state index contributed by atoms with van der Waals surface area (Å²) in [6.07, 6.45) is 4.15. The van der Waals surface area contributed by atoms with Crippen LogP contribution in [-0.2, 0) is 9.22 Å². The summed E-state index contributed by atoms with van der Waals surface area (Å²) in [4.78, 5) is 11.9. The Kier molecular flexibility index (Phi) is 5.12. The maximum Gasteiger partial charge on any atom is 0.296 e. The van der Waals surface area contributed by atoms with Crippen molar-refractivity contribution in [2.75, 3.05) is 0 Å². The highest BCUT2D eigenvalue weighted by Crippen LogP contribution is 2.36. The van der Waals surface area contributed by atoms with E-state index in [1.807, 2.05) is 42.5 Å². The second-order valence-electron chi connectivity index (χ2n) is 6.25. The van der Waals surface area contributed by atoms with Gasteiger partial charge in [-0.25, -0.2) is 0 Å². The summed E-state index contributed by atoms with van der Waals surface area (Å²) in [5, 5.41) is 0.0613. The van der Waals surface area contributed by atoms with Crippen molar-refractivity contribution in [2.24, 2.45) is 0 Å². The third-order valence-corrected chi connectivity index (χ3v) is 7.92. The number of benzene rings is 1. The van der Waals surface area contributed by atoms with Crippen LogP contribution in [0.3, 0.4) is 0 Å². The number of hydrogen-bond donors (Lipinski definition) is 0. The van der Waals surface area contributed by atoms with Crippen molar-refractivity contribution in [2.45, 2.75) is 45.3 Å². The van der Waals surface area contributed by atoms with Gasteiger partial charge < -0.3 is 4.43 Å². The second kappa shape index (κ2) is 6.20. The van der Waals surface area contributed by atoms with Crippen molar-refractivity contribution >= 4 is 20.4 Å². The van der Waals surface area contributed by atoms with Gasteiger partial charge in [-0.2, -0.15) is 0 Å². The van der Waals surface area contributed by atoms with Gasteiger partial charge in [-0.05, 0) is 23.7 Å². The Labute approximate surface area is 117 Å². The van der Waals surface area contributed by atoms with Gasteiger partial charge in [-0.1, -0.05) is 63.3 Å². The van der Waals surface area contributed by atoms with Crippen molar-refractivity contribution in [3.63, 3.8) is 0 Å². The maximum atomic E-state index is 11.9. The minimum atomic E-state index is -1.98. The van der Waals surface area contributed by atoms with Crippen LogP contribution in [0.25, 0.3) is 6.08 Å². The van der Waals surface area contributed by atoms with E-state index < -0.39 is 8.32 Å². The molecule has 104 valence electrons. The molecule has 3 heteroatoms. The van der Waals surface area contributed by atoms with Crippen molar-refractivity contribution in [3.8, 4) is 0 Å². The molecule has 0 atom stereocenters. The standard InChI is InChI=1S/C16H24O2Si/c1-16(2,3)19(4,5)18-15(17)13-9-12-14-10-7-6-8-11-14/h6-12H,13H2,1-5H3/b12-9+. The lowest BCUT2D eigenvalue weighted by atomic mass is 10.2. The topological polar surface area (TPSA) is 26.3 Å². The Morgan fingerprint density at radius 2 is 1.79 bits per heavy atom. The zero-order valence-electron chi connectivity index (χ0n) is 12.6. The van der Waals surface area contributed by atoms with Gasteiger partial charge in [-0.3, -0.25) is 4.79 Å². The number of carbonyl (C=O) groups excluding carboxylic acids is 1. The van der Waals surface area contributed by atoms with E-state index in [2.05, 4.69) is 33.9 Å². The van der Waals surface area contributed by atoms with Gasteiger partial charge in [-0.15, -0.1) is 0 Å². The molecule has 0 saturated heterocycles. The highest BCUT2D eigenvalue weighted by atomic mass is 28.4. The Morgan fingerprint density at radius 3 is 2.32 bits per heavy atom. The summed E-state index contributed by atoms with van der Waals surface area (Å²) >= 11 is 0. The molecule has 0 aliphatic carbocycles.